The van der Waals surface area contributed by atoms with Gasteiger partial charge in [-0.05, 0) is 20.4 Å². The number of anilines is 1. The fraction of sp³-hybridized carbons (Fsp3) is 0.636. The monoisotopic (exact) mass is 208 g/mol. The van der Waals surface area contributed by atoms with E-state index in [1.54, 1.807) is 0 Å². The van der Waals surface area contributed by atoms with E-state index in [2.05, 4.69) is 22.2 Å². The van der Waals surface area contributed by atoms with E-state index in [9.17, 15) is 0 Å². The first-order chi connectivity index (χ1) is 7.06. The molecular weight excluding hydrogens is 188 g/mol. The van der Waals surface area contributed by atoms with Gasteiger partial charge in [0, 0.05) is 37.6 Å². The summed E-state index contributed by atoms with van der Waals surface area (Å²) < 4.78 is 0. The quantitative estimate of drug-likeness (QED) is 0.809. The molecule has 84 valence electrons. The van der Waals surface area contributed by atoms with E-state index in [0.29, 0.717) is 0 Å². The largest absolute Gasteiger partial charge is 0.347 e. The molecule has 1 N–H and O–H groups in total. The van der Waals surface area contributed by atoms with Gasteiger partial charge in [0.15, 0.2) is 0 Å². The molecule has 4 nitrogen and oxygen atoms in total. The second-order valence-corrected chi connectivity index (χ2v) is 3.85. The summed E-state index contributed by atoms with van der Waals surface area (Å²) in [5, 5.41) is 3.30. The van der Waals surface area contributed by atoms with E-state index in [-0.39, 0.29) is 0 Å². The van der Waals surface area contributed by atoms with Crippen molar-refractivity contribution in [3.8, 4) is 0 Å². The summed E-state index contributed by atoms with van der Waals surface area (Å²) in [5.74, 6) is 0.783. The van der Waals surface area contributed by atoms with Crippen molar-refractivity contribution in [2.45, 2.75) is 27.3 Å². The second-order valence-electron chi connectivity index (χ2n) is 3.85. The van der Waals surface area contributed by atoms with Gasteiger partial charge in [0.25, 0.3) is 0 Å². The molecule has 1 heterocycles. The Morgan fingerprint density at radius 2 is 1.67 bits per heavy atom. The Balaban J connectivity index is 2.99. The molecule has 0 bridgehead atoms. The van der Waals surface area contributed by atoms with Crippen molar-refractivity contribution in [1.82, 2.24) is 15.3 Å². The Morgan fingerprint density at radius 1 is 1.13 bits per heavy atom. The van der Waals surface area contributed by atoms with Gasteiger partial charge in [0.1, 0.15) is 0 Å². The minimum absolute atomic E-state index is 0.783. The average Bonchev–Trinajstić information content (AvgIpc) is 2.16. The van der Waals surface area contributed by atoms with Gasteiger partial charge in [-0.1, -0.05) is 6.92 Å². The van der Waals surface area contributed by atoms with E-state index in [1.807, 2.05) is 32.8 Å². The molecule has 0 spiro atoms. The van der Waals surface area contributed by atoms with Crippen LogP contribution in [0.3, 0.4) is 0 Å². The van der Waals surface area contributed by atoms with Crippen molar-refractivity contribution >= 4 is 5.95 Å². The number of nitrogens with one attached hydrogen (secondary N) is 1. The van der Waals surface area contributed by atoms with E-state index >= 15 is 0 Å². The summed E-state index contributed by atoms with van der Waals surface area (Å²) in [4.78, 5) is 10.8. The number of rotatable bonds is 4. The maximum absolute atomic E-state index is 4.46. The lowest BCUT2D eigenvalue weighted by atomic mass is 10.2. The van der Waals surface area contributed by atoms with Crippen LogP contribution >= 0.6 is 0 Å². The normalized spacial score (nSPS) is 10.5. The fourth-order valence-corrected chi connectivity index (χ4v) is 1.43. The lowest BCUT2D eigenvalue weighted by Crippen LogP contribution is -2.18. The smallest absolute Gasteiger partial charge is 0.225 e. The first-order valence-electron chi connectivity index (χ1n) is 5.28. The molecule has 1 aromatic rings. The zero-order valence-electron chi connectivity index (χ0n) is 10.3. The number of nitrogens with zero attached hydrogens (tertiary/aromatic N) is 3. The maximum atomic E-state index is 4.46. The predicted octanol–water partition coefficient (Wildman–Crippen LogP) is 1.27. The Kier molecular flexibility index (Phi) is 4.03. The van der Waals surface area contributed by atoms with Crippen LogP contribution in [0.2, 0.25) is 0 Å². The SMILES string of the molecule is CCNCc1c(C)nc(N(C)C)nc1C. The molecule has 0 atom stereocenters. The third-order valence-electron chi connectivity index (χ3n) is 2.36. The van der Waals surface area contributed by atoms with Crippen LogP contribution in [0.15, 0.2) is 0 Å². The molecule has 1 rings (SSSR count). The first-order valence-corrected chi connectivity index (χ1v) is 5.28. The van der Waals surface area contributed by atoms with E-state index in [0.717, 1.165) is 30.4 Å². The molecule has 0 aliphatic rings. The van der Waals surface area contributed by atoms with Crippen LogP contribution in [0.4, 0.5) is 5.95 Å². The molecule has 0 unspecified atom stereocenters. The van der Waals surface area contributed by atoms with Gasteiger partial charge in [0.05, 0.1) is 0 Å². The molecular formula is C11H20N4. The molecule has 0 fully saturated rings. The van der Waals surface area contributed by atoms with Crippen molar-refractivity contribution in [2.75, 3.05) is 25.5 Å². The number of aromatic nitrogens is 2. The van der Waals surface area contributed by atoms with E-state index < -0.39 is 0 Å². The molecule has 0 saturated heterocycles. The van der Waals surface area contributed by atoms with Crippen molar-refractivity contribution < 1.29 is 0 Å². The van der Waals surface area contributed by atoms with Gasteiger partial charge in [-0.2, -0.15) is 0 Å². The lowest BCUT2D eigenvalue weighted by Gasteiger charge is -2.15. The molecule has 0 amide bonds. The van der Waals surface area contributed by atoms with Crippen LogP contribution in [-0.4, -0.2) is 30.6 Å². The van der Waals surface area contributed by atoms with Gasteiger partial charge >= 0.3 is 0 Å². The standard InChI is InChI=1S/C11H20N4/c1-6-12-7-10-8(2)13-11(15(4)5)14-9(10)3/h12H,6-7H2,1-5H3. The summed E-state index contributed by atoms with van der Waals surface area (Å²) in [5.41, 5.74) is 3.33. The van der Waals surface area contributed by atoms with Crippen molar-refractivity contribution in [3.63, 3.8) is 0 Å². The highest BCUT2D eigenvalue weighted by Crippen LogP contribution is 2.13. The molecule has 1 aromatic heterocycles. The van der Waals surface area contributed by atoms with Gasteiger partial charge in [0.2, 0.25) is 5.95 Å². The molecule has 15 heavy (non-hydrogen) atoms. The molecule has 4 heteroatoms. The first kappa shape index (κ1) is 11.9. The number of aryl methyl sites for hydroxylation is 2. The zero-order chi connectivity index (χ0) is 11.4. The van der Waals surface area contributed by atoms with Crippen LogP contribution in [0, 0.1) is 13.8 Å². The summed E-state index contributed by atoms with van der Waals surface area (Å²) in [6.07, 6.45) is 0. The highest BCUT2D eigenvalue weighted by Gasteiger charge is 2.08. The highest BCUT2D eigenvalue weighted by atomic mass is 15.2. The third-order valence-corrected chi connectivity index (χ3v) is 2.36. The van der Waals surface area contributed by atoms with Gasteiger partial charge in [-0.15, -0.1) is 0 Å². The van der Waals surface area contributed by atoms with Crippen LogP contribution in [-0.2, 0) is 6.54 Å². The van der Waals surface area contributed by atoms with Crippen LogP contribution in [0.1, 0.15) is 23.9 Å². The Morgan fingerprint density at radius 3 is 2.07 bits per heavy atom. The van der Waals surface area contributed by atoms with Crippen LogP contribution < -0.4 is 10.2 Å². The average molecular weight is 208 g/mol. The van der Waals surface area contributed by atoms with Gasteiger partial charge < -0.3 is 10.2 Å². The summed E-state index contributed by atoms with van der Waals surface area (Å²) in [6.45, 7) is 7.98. The summed E-state index contributed by atoms with van der Waals surface area (Å²) in [6, 6.07) is 0. The van der Waals surface area contributed by atoms with Crippen molar-refractivity contribution in [3.05, 3.63) is 17.0 Å². The zero-order valence-corrected chi connectivity index (χ0v) is 10.3. The summed E-state index contributed by atoms with van der Waals surface area (Å²) in [7, 11) is 3.91. The molecule has 0 aromatic carbocycles. The van der Waals surface area contributed by atoms with Gasteiger partial charge in [-0.25, -0.2) is 9.97 Å². The molecule has 0 radical (unpaired) electrons. The summed E-state index contributed by atoms with van der Waals surface area (Å²) >= 11 is 0. The Hall–Kier alpha value is -1.16. The topological polar surface area (TPSA) is 41.1 Å². The van der Waals surface area contributed by atoms with Crippen LogP contribution in [0.25, 0.3) is 0 Å². The number of hydrogen-bond donors (Lipinski definition) is 1. The van der Waals surface area contributed by atoms with E-state index in [1.165, 1.54) is 5.56 Å². The minimum atomic E-state index is 0.783. The van der Waals surface area contributed by atoms with Gasteiger partial charge in [-0.3, -0.25) is 0 Å². The molecule has 0 aliphatic carbocycles. The highest BCUT2D eigenvalue weighted by molar-refractivity contribution is 5.34. The number of hydrogen-bond acceptors (Lipinski definition) is 4. The predicted molar refractivity (Wildman–Crippen MR) is 63.2 cm³/mol. The van der Waals surface area contributed by atoms with Crippen molar-refractivity contribution in [1.29, 1.82) is 0 Å². The molecule has 0 aliphatic heterocycles. The third kappa shape index (κ3) is 2.89. The molecule has 0 saturated carbocycles. The Bertz CT molecular complexity index is 310. The lowest BCUT2D eigenvalue weighted by molar-refractivity contribution is 0.709. The minimum Gasteiger partial charge on any atom is -0.347 e. The maximum Gasteiger partial charge on any atom is 0.225 e. The van der Waals surface area contributed by atoms with Crippen LogP contribution in [0.5, 0.6) is 0 Å². The second kappa shape index (κ2) is 5.07. The van der Waals surface area contributed by atoms with E-state index in [4.69, 9.17) is 0 Å². The Labute approximate surface area is 91.7 Å². The van der Waals surface area contributed by atoms with Crippen molar-refractivity contribution in [2.24, 2.45) is 0 Å². The fourth-order valence-electron chi connectivity index (χ4n) is 1.43.